The van der Waals surface area contributed by atoms with Crippen molar-refractivity contribution in [3.63, 3.8) is 0 Å². The number of amides is 1. The molecule has 0 aromatic heterocycles. The Hall–Kier alpha value is -3.26. The maximum atomic E-state index is 13.8. The lowest BCUT2D eigenvalue weighted by Crippen LogP contribution is -2.17. The zero-order valence-corrected chi connectivity index (χ0v) is 15.6. The minimum absolute atomic E-state index is 0.0921. The Morgan fingerprint density at radius 1 is 0.929 bits per heavy atom. The maximum absolute atomic E-state index is 13.8. The third-order valence-corrected chi connectivity index (χ3v) is 5.45. The molecule has 0 spiro atoms. The molecule has 0 atom stereocenters. The molecule has 0 saturated carbocycles. The number of anilines is 2. The predicted octanol–water partition coefficient (Wildman–Crippen LogP) is 4.33. The van der Waals surface area contributed by atoms with Gasteiger partial charge in [0.15, 0.2) is 0 Å². The molecule has 0 aliphatic heterocycles. The average Bonchev–Trinajstić information content (AvgIpc) is 2.65. The van der Waals surface area contributed by atoms with Crippen LogP contribution >= 0.6 is 0 Å². The van der Waals surface area contributed by atoms with E-state index in [1.807, 2.05) is 0 Å². The molecule has 8 heteroatoms. The summed E-state index contributed by atoms with van der Waals surface area (Å²) < 4.78 is 54.6. The van der Waals surface area contributed by atoms with E-state index in [0.717, 1.165) is 12.1 Å². The van der Waals surface area contributed by atoms with Gasteiger partial charge in [0, 0.05) is 11.3 Å². The molecule has 0 radical (unpaired) electrons. The van der Waals surface area contributed by atoms with Crippen molar-refractivity contribution < 1.29 is 22.0 Å². The van der Waals surface area contributed by atoms with Gasteiger partial charge >= 0.3 is 0 Å². The van der Waals surface area contributed by atoms with Crippen molar-refractivity contribution in [2.75, 3.05) is 10.0 Å². The van der Waals surface area contributed by atoms with Crippen LogP contribution in [-0.2, 0) is 10.0 Å². The summed E-state index contributed by atoms with van der Waals surface area (Å²) in [5.74, 6) is -1.86. The number of carbonyl (C=O) groups is 1. The van der Waals surface area contributed by atoms with Gasteiger partial charge in [-0.1, -0.05) is 24.3 Å². The number of aryl methyl sites for hydroxylation is 1. The highest BCUT2D eigenvalue weighted by Crippen LogP contribution is 2.24. The molecule has 0 fully saturated rings. The van der Waals surface area contributed by atoms with E-state index in [2.05, 4.69) is 10.0 Å². The van der Waals surface area contributed by atoms with Gasteiger partial charge < -0.3 is 5.32 Å². The van der Waals surface area contributed by atoms with E-state index in [1.54, 1.807) is 6.92 Å². The zero-order valence-electron chi connectivity index (χ0n) is 14.7. The van der Waals surface area contributed by atoms with Gasteiger partial charge in [0.1, 0.15) is 11.6 Å². The Bertz CT molecular complexity index is 1150. The summed E-state index contributed by atoms with van der Waals surface area (Å²) >= 11 is 0. The molecule has 3 aromatic rings. The summed E-state index contributed by atoms with van der Waals surface area (Å²) in [6.07, 6.45) is 0. The molecule has 1 amide bonds. The van der Waals surface area contributed by atoms with Crippen LogP contribution in [0.1, 0.15) is 15.9 Å². The van der Waals surface area contributed by atoms with Crippen LogP contribution in [0.5, 0.6) is 0 Å². The lowest BCUT2D eigenvalue weighted by atomic mass is 10.2. The van der Waals surface area contributed by atoms with Crippen LogP contribution in [0.25, 0.3) is 0 Å². The number of carbonyl (C=O) groups excluding carboxylic acids is 1. The number of nitrogens with one attached hydrogen (secondary N) is 2. The minimum atomic E-state index is -4.10. The third kappa shape index (κ3) is 4.34. The fourth-order valence-electron chi connectivity index (χ4n) is 2.54. The van der Waals surface area contributed by atoms with Crippen molar-refractivity contribution in [2.45, 2.75) is 11.8 Å². The molecule has 3 aromatic carbocycles. The van der Waals surface area contributed by atoms with Crippen LogP contribution in [-0.4, -0.2) is 14.3 Å². The first-order chi connectivity index (χ1) is 13.3. The summed E-state index contributed by atoms with van der Waals surface area (Å²) in [4.78, 5) is 12.1. The molecule has 0 bridgehead atoms. The molecular formula is C20H16F2N2O3S. The van der Waals surface area contributed by atoms with Crippen LogP contribution in [0.3, 0.4) is 0 Å². The van der Waals surface area contributed by atoms with Gasteiger partial charge in [0.25, 0.3) is 15.9 Å². The molecular weight excluding hydrogens is 386 g/mol. The fourth-order valence-corrected chi connectivity index (χ4v) is 3.88. The number of rotatable bonds is 5. The van der Waals surface area contributed by atoms with Crippen molar-refractivity contribution in [3.05, 3.63) is 89.5 Å². The Balaban J connectivity index is 1.89. The Morgan fingerprint density at radius 2 is 1.68 bits per heavy atom. The van der Waals surface area contributed by atoms with Gasteiger partial charge in [-0.2, -0.15) is 0 Å². The summed E-state index contributed by atoms with van der Waals surface area (Å²) in [7, 11) is -4.10. The summed E-state index contributed by atoms with van der Waals surface area (Å²) in [6, 6.07) is 14.8. The minimum Gasteiger partial charge on any atom is -0.322 e. The number of halogens is 2. The van der Waals surface area contributed by atoms with Gasteiger partial charge in [-0.25, -0.2) is 17.2 Å². The van der Waals surface area contributed by atoms with Crippen molar-refractivity contribution in [1.29, 1.82) is 0 Å². The first kappa shape index (κ1) is 19.5. The van der Waals surface area contributed by atoms with Crippen LogP contribution in [0.4, 0.5) is 20.2 Å². The Morgan fingerprint density at radius 3 is 2.39 bits per heavy atom. The smallest absolute Gasteiger partial charge is 0.262 e. The number of sulfonamides is 1. The van der Waals surface area contributed by atoms with Gasteiger partial charge in [-0.05, 0) is 55.0 Å². The highest BCUT2D eigenvalue weighted by molar-refractivity contribution is 7.92. The number of hydrogen-bond acceptors (Lipinski definition) is 3. The van der Waals surface area contributed by atoms with Gasteiger partial charge in [0.05, 0.1) is 10.6 Å². The standard InChI is InChI=1S/C20H16F2N2O3S/c1-13-9-10-16(23-20(25)14-5-4-6-15(21)11-14)12-19(13)28(26,27)24-18-8-3-2-7-17(18)22/h2-12,24H,1H3,(H,23,25). The molecule has 2 N–H and O–H groups in total. The predicted molar refractivity (Wildman–Crippen MR) is 103 cm³/mol. The molecule has 0 aliphatic carbocycles. The van der Waals surface area contributed by atoms with Gasteiger partial charge in [-0.15, -0.1) is 0 Å². The molecule has 144 valence electrons. The summed E-state index contributed by atoms with van der Waals surface area (Å²) in [5.41, 5.74) is 0.520. The molecule has 0 aliphatic rings. The third-order valence-electron chi connectivity index (χ3n) is 3.94. The highest BCUT2D eigenvalue weighted by atomic mass is 32.2. The normalized spacial score (nSPS) is 11.1. The first-order valence-electron chi connectivity index (χ1n) is 8.21. The molecule has 3 rings (SSSR count). The average molecular weight is 402 g/mol. The first-order valence-corrected chi connectivity index (χ1v) is 9.69. The number of hydrogen-bond donors (Lipinski definition) is 2. The quantitative estimate of drug-likeness (QED) is 0.667. The largest absolute Gasteiger partial charge is 0.322 e. The second-order valence-corrected chi connectivity index (χ2v) is 7.68. The molecule has 28 heavy (non-hydrogen) atoms. The van der Waals surface area contributed by atoms with Crippen LogP contribution in [0, 0.1) is 18.6 Å². The van der Waals surface area contributed by atoms with Gasteiger partial charge in [-0.3, -0.25) is 9.52 Å². The maximum Gasteiger partial charge on any atom is 0.262 e. The van der Waals surface area contributed by atoms with Crippen molar-refractivity contribution in [1.82, 2.24) is 0 Å². The topological polar surface area (TPSA) is 75.3 Å². The van der Waals surface area contributed by atoms with E-state index in [-0.39, 0.29) is 21.8 Å². The summed E-state index contributed by atoms with van der Waals surface area (Å²) in [6.45, 7) is 1.58. The summed E-state index contributed by atoms with van der Waals surface area (Å²) in [5, 5.41) is 2.53. The zero-order chi connectivity index (χ0) is 20.3. The second-order valence-electron chi connectivity index (χ2n) is 6.03. The second kappa shape index (κ2) is 7.77. The highest BCUT2D eigenvalue weighted by Gasteiger charge is 2.20. The van der Waals surface area contributed by atoms with Gasteiger partial charge in [0.2, 0.25) is 0 Å². The van der Waals surface area contributed by atoms with Crippen molar-refractivity contribution in [2.24, 2.45) is 0 Å². The Labute approximate surface area is 161 Å². The molecule has 0 unspecified atom stereocenters. The number of benzene rings is 3. The van der Waals surface area contributed by atoms with E-state index < -0.39 is 27.6 Å². The van der Waals surface area contributed by atoms with E-state index in [0.29, 0.717) is 5.56 Å². The molecule has 0 heterocycles. The Kier molecular flexibility index (Phi) is 5.41. The van der Waals surface area contributed by atoms with E-state index in [4.69, 9.17) is 0 Å². The fraction of sp³-hybridized carbons (Fsp3) is 0.0500. The van der Waals surface area contributed by atoms with E-state index >= 15 is 0 Å². The van der Waals surface area contributed by atoms with Crippen LogP contribution in [0.15, 0.2) is 71.6 Å². The molecule has 0 saturated heterocycles. The van der Waals surface area contributed by atoms with Crippen LogP contribution < -0.4 is 10.0 Å². The molecule has 5 nitrogen and oxygen atoms in total. The van der Waals surface area contributed by atoms with Crippen molar-refractivity contribution in [3.8, 4) is 0 Å². The SMILES string of the molecule is Cc1ccc(NC(=O)c2cccc(F)c2)cc1S(=O)(=O)Nc1ccccc1F. The van der Waals surface area contributed by atoms with E-state index in [1.165, 1.54) is 54.6 Å². The van der Waals surface area contributed by atoms with E-state index in [9.17, 15) is 22.0 Å². The van der Waals surface area contributed by atoms with Crippen molar-refractivity contribution >= 4 is 27.3 Å². The monoisotopic (exact) mass is 402 g/mol. The lowest BCUT2D eigenvalue weighted by molar-refractivity contribution is 0.102. The number of para-hydroxylation sites is 1. The lowest BCUT2D eigenvalue weighted by Gasteiger charge is -2.13. The van der Waals surface area contributed by atoms with Crippen LogP contribution in [0.2, 0.25) is 0 Å².